The van der Waals surface area contributed by atoms with Crippen LogP contribution in [0.1, 0.15) is 25.6 Å². The van der Waals surface area contributed by atoms with Crippen LogP contribution in [0.25, 0.3) is 10.9 Å². The van der Waals surface area contributed by atoms with Gasteiger partial charge in [0.1, 0.15) is 0 Å². The van der Waals surface area contributed by atoms with Gasteiger partial charge in [0.15, 0.2) is 0 Å². The second-order valence-electron chi connectivity index (χ2n) is 8.22. The molecule has 2 N–H and O–H groups in total. The van der Waals surface area contributed by atoms with E-state index in [2.05, 4.69) is 52.9 Å². The van der Waals surface area contributed by atoms with Crippen LogP contribution in [0, 0.1) is 10.8 Å². The lowest BCUT2D eigenvalue weighted by molar-refractivity contribution is -0.253. The van der Waals surface area contributed by atoms with Crippen molar-refractivity contribution in [1.82, 2.24) is 14.8 Å². The zero-order valence-electron chi connectivity index (χ0n) is 13.2. The highest BCUT2D eigenvalue weighted by Gasteiger charge is 2.61. The van der Waals surface area contributed by atoms with E-state index in [1.54, 1.807) is 0 Å². The molecule has 2 aromatic rings. The molecule has 5 heterocycles. The van der Waals surface area contributed by atoms with Crippen LogP contribution in [-0.2, 0) is 0 Å². The van der Waals surface area contributed by atoms with Crippen LogP contribution in [0.5, 0.6) is 0 Å². The number of nitrogens with one attached hydrogen (secondary N) is 1. The molecule has 0 aliphatic carbocycles. The van der Waals surface area contributed by atoms with E-state index in [4.69, 9.17) is 0 Å². The summed E-state index contributed by atoms with van der Waals surface area (Å²) in [4.78, 5) is 8.43. The lowest BCUT2D eigenvalue weighted by Gasteiger charge is -2.68. The first kappa shape index (κ1) is 13.1. The normalized spacial score (nSPS) is 46.5. The van der Waals surface area contributed by atoms with Crippen molar-refractivity contribution in [2.24, 2.45) is 10.8 Å². The van der Waals surface area contributed by atoms with Gasteiger partial charge in [-0.1, -0.05) is 19.9 Å². The lowest BCUT2D eigenvalue weighted by Crippen LogP contribution is -2.76. The van der Waals surface area contributed by atoms with E-state index in [1.165, 1.54) is 16.5 Å². The Bertz CT molecular complexity index is 714. The highest BCUT2D eigenvalue weighted by atomic mass is 16.3. The zero-order valence-corrected chi connectivity index (χ0v) is 13.2. The minimum absolute atomic E-state index is 0.0138. The SMILES string of the molecule is CC12CN3CC(C)(CN(C1)C3c1ccc3[nH]ccc3c1)C2O. The van der Waals surface area contributed by atoms with E-state index < -0.39 is 0 Å². The third-order valence-corrected chi connectivity index (χ3v) is 6.14. The number of hydrogen-bond donors (Lipinski definition) is 2. The smallest absolute Gasteiger partial charge is 0.0887 e. The number of aliphatic hydroxyl groups excluding tert-OH is 1. The van der Waals surface area contributed by atoms with Gasteiger partial charge in [-0.05, 0) is 29.1 Å². The fraction of sp³-hybridized carbons (Fsp3) is 0.556. The second kappa shape index (κ2) is 3.94. The molecule has 1 aromatic carbocycles. The summed E-state index contributed by atoms with van der Waals surface area (Å²) in [5.74, 6) is 0. The van der Waals surface area contributed by atoms with Gasteiger partial charge >= 0.3 is 0 Å². The first-order chi connectivity index (χ1) is 10.5. The molecule has 0 atom stereocenters. The summed E-state index contributed by atoms with van der Waals surface area (Å²) in [7, 11) is 0. The van der Waals surface area contributed by atoms with Gasteiger partial charge in [-0.2, -0.15) is 0 Å². The molecule has 6 rings (SSSR count). The average Bonchev–Trinajstić information content (AvgIpc) is 2.91. The summed E-state index contributed by atoms with van der Waals surface area (Å²) in [5, 5.41) is 12.0. The lowest BCUT2D eigenvalue weighted by atomic mass is 9.60. The van der Waals surface area contributed by atoms with Crippen molar-refractivity contribution < 1.29 is 5.11 Å². The molecule has 4 heteroatoms. The van der Waals surface area contributed by atoms with E-state index >= 15 is 0 Å². The first-order valence-electron chi connectivity index (χ1n) is 8.22. The minimum atomic E-state index is -0.180. The summed E-state index contributed by atoms with van der Waals surface area (Å²) in [6, 6.07) is 8.91. The Morgan fingerprint density at radius 1 is 1.05 bits per heavy atom. The number of piperidine rings is 2. The molecule has 22 heavy (non-hydrogen) atoms. The van der Waals surface area contributed by atoms with E-state index in [9.17, 15) is 5.11 Å². The predicted octanol–water partition coefficient (Wildman–Crippen LogP) is 2.18. The number of fused-ring (bicyclic) bond motifs is 1. The van der Waals surface area contributed by atoms with Crippen molar-refractivity contribution in [3.05, 3.63) is 36.0 Å². The van der Waals surface area contributed by atoms with Crippen LogP contribution in [0.3, 0.4) is 0 Å². The van der Waals surface area contributed by atoms with Crippen molar-refractivity contribution in [2.45, 2.75) is 26.1 Å². The molecule has 4 fully saturated rings. The van der Waals surface area contributed by atoms with Gasteiger partial charge < -0.3 is 10.1 Å². The third kappa shape index (κ3) is 1.53. The van der Waals surface area contributed by atoms with Crippen molar-refractivity contribution in [1.29, 1.82) is 0 Å². The average molecular weight is 297 g/mol. The Balaban J connectivity index is 1.58. The van der Waals surface area contributed by atoms with Crippen LogP contribution in [0.4, 0.5) is 0 Å². The van der Waals surface area contributed by atoms with E-state index in [-0.39, 0.29) is 16.9 Å². The minimum Gasteiger partial charge on any atom is -0.392 e. The van der Waals surface area contributed by atoms with Crippen molar-refractivity contribution in [3.63, 3.8) is 0 Å². The maximum Gasteiger partial charge on any atom is 0.0887 e. The summed E-state index contributed by atoms with van der Waals surface area (Å²) in [5.41, 5.74) is 2.61. The molecule has 0 spiro atoms. The molecule has 0 amide bonds. The van der Waals surface area contributed by atoms with Gasteiger partial charge in [-0.25, -0.2) is 0 Å². The van der Waals surface area contributed by atoms with Crippen molar-refractivity contribution in [3.8, 4) is 0 Å². The van der Waals surface area contributed by atoms with E-state index in [0.717, 1.165) is 26.2 Å². The van der Waals surface area contributed by atoms with Crippen LogP contribution in [0.15, 0.2) is 30.5 Å². The Kier molecular flexibility index (Phi) is 2.35. The summed E-state index contributed by atoms with van der Waals surface area (Å²) >= 11 is 0. The molecule has 4 aliphatic rings. The van der Waals surface area contributed by atoms with E-state index in [0.29, 0.717) is 6.17 Å². The number of aliphatic hydroxyl groups is 1. The predicted molar refractivity (Wildman–Crippen MR) is 86.4 cm³/mol. The molecule has 1 aromatic heterocycles. The topological polar surface area (TPSA) is 42.5 Å². The molecule has 4 nitrogen and oxygen atoms in total. The number of benzene rings is 1. The van der Waals surface area contributed by atoms with Gasteiger partial charge in [0.05, 0.1) is 12.3 Å². The quantitative estimate of drug-likeness (QED) is 0.848. The van der Waals surface area contributed by atoms with Gasteiger partial charge in [-0.3, -0.25) is 9.80 Å². The van der Waals surface area contributed by atoms with E-state index in [1.807, 2.05) is 6.20 Å². The Labute approximate surface area is 130 Å². The van der Waals surface area contributed by atoms with Gasteiger partial charge in [0.25, 0.3) is 0 Å². The summed E-state index contributed by atoms with van der Waals surface area (Å²) < 4.78 is 0. The molecule has 0 saturated carbocycles. The Morgan fingerprint density at radius 2 is 1.68 bits per heavy atom. The van der Waals surface area contributed by atoms with Crippen LogP contribution in [0.2, 0.25) is 0 Å². The molecular weight excluding hydrogens is 274 g/mol. The molecule has 4 bridgehead atoms. The highest BCUT2D eigenvalue weighted by molar-refractivity contribution is 5.80. The molecule has 0 radical (unpaired) electrons. The van der Waals surface area contributed by atoms with Gasteiger partial charge in [0, 0.05) is 48.7 Å². The third-order valence-electron chi connectivity index (χ3n) is 6.14. The number of nitrogens with zero attached hydrogens (tertiary/aromatic N) is 2. The molecule has 0 unspecified atom stereocenters. The Hall–Kier alpha value is -1.36. The molecule has 4 aliphatic heterocycles. The second-order valence-corrected chi connectivity index (χ2v) is 8.22. The van der Waals surface area contributed by atoms with Crippen molar-refractivity contribution >= 4 is 10.9 Å². The number of H-pyrrole nitrogens is 1. The number of aromatic nitrogens is 1. The van der Waals surface area contributed by atoms with Crippen LogP contribution in [-0.4, -0.2) is 52.2 Å². The fourth-order valence-corrected chi connectivity index (χ4v) is 5.49. The monoisotopic (exact) mass is 297 g/mol. The largest absolute Gasteiger partial charge is 0.392 e. The summed E-state index contributed by atoms with van der Waals surface area (Å²) in [6.07, 6.45) is 2.19. The van der Waals surface area contributed by atoms with Crippen LogP contribution >= 0.6 is 0 Å². The number of rotatable bonds is 1. The van der Waals surface area contributed by atoms with Gasteiger partial charge in [-0.15, -0.1) is 0 Å². The molecular formula is C18H23N3O. The standard InChI is InChI=1S/C18H23N3O/c1-17-8-20-10-18(2,16(17)22)11-21(9-17)15(20)13-3-4-14-12(7-13)5-6-19-14/h3-7,15-16,19,22H,8-11H2,1-2H3. The number of aromatic amines is 1. The van der Waals surface area contributed by atoms with Gasteiger partial charge in [0.2, 0.25) is 0 Å². The zero-order chi connectivity index (χ0) is 15.1. The maximum absolute atomic E-state index is 10.8. The van der Waals surface area contributed by atoms with Crippen molar-refractivity contribution in [2.75, 3.05) is 26.2 Å². The fourth-order valence-electron chi connectivity index (χ4n) is 5.49. The highest BCUT2D eigenvalue weighted by Crippen LogP contribution is 2.54. The molecule has 116 valence electrons. The maximum atomic E-state index is 10.8. The first-order valence-corrected chi connectivity index (χ1v) is 8.22. The molecule has 4 saturated heterocycles. The summed E-state index contributed by atoms with van der Waals surface area (Å²) in [6.45, 7) is 8.48. The Morgan fingerprint density at radius 3 is 2.32 bits per heavy atom. The number of hydrogen-bond acceptors (Lipinski definition) is 3. The van der Waals surface area contributed by atoms with Crippen LogP contribution < -0.4 is 0 Å².